The minimum absolute atomic E-state index is 0.0815. The predicted molar refractivity (Wildman–Crippen MR) is 104 cm³/mol. The van der Waals surface area contributed by atoms with Crippen molar-refractivity contribution in [1.29, 1.82) is 0 Å². The first-order valence-corrected chi connectivity index (χ1v) is 9.28. The molecule has 32 heavy (non-hydrogen) atoms. The van der Waals surface area contributed by atoms with Gasteiger partial charge < -0.3 is 5.32 Å². The Kier molecular flexibility index (Phi) is 5.43. The Morgan fingerprint density at radius 1 is 1.03 bits per heavy atom. The molecule has 2 aromatic carbocycles. The number of carbonyl (C=O) groups excluding carboxylic acids is 1. The van der Waals surface area contributed by atoms with E-state index in [9.17, 15) is 22.4 Å². The van der Waals surface area contributed by atoms with E-state index in [-0.39, 0.29) is 5.69 Å². The lowest BCUT2D eigenvalue weighted by Crippen LogP contribution is -2.29. The SMILES string of the molecule is CC(NC(=O)c1nnn(-c2ccc(F)cc2)c1C(F)(F)F)c1ccc(-n2cncn2)cc1. The van der Waals surface area contributed by atoms with Crippen molar-refractivity contribution in [2.45, 2.75) is 19.1 Å². The van der Waals surface area contributed by atoms with Crippen LogP contribution in [0.15, 0.2) is 61.2 Å². The van der Waals surface area contributed by atoms with E-state index in [1.807, 2.05) is 0 Å². The zero-order chi connectivity index (χ0) is 22.9. The Morgan fingerprint density at radius 3 is 2.28 bits per heavy atom. The number of benzene rings is 2. The van der Waals surface area contributed by atoms with E-state index in [1.165, 1.54) is 17.3 Å². The van der Waals surface area contributed by atoms with Crippen LogP contribution >= 0.6 is 0 Å². The van der Waals surface area contributed by atoms with Gasteiger partial charge in [0.1, 0.15) is 18.5 Å². The first kappa shape index (κ1) is 21.2. The van der Waals surface area contributed by atoms with Crippen molar-refractivity contribution in [1.82, 2.24) is 35.1 Å². The van der Waals surface area contributed by atoms with Crippen LogP contribution in [0.25, 0.3) is 11.4 Å². The fraction of sp³-hybridized carbons (Fsp3) is 0.150. The average Bonchev–Trinajstić information content (AvgIpc) is 3.44. The van der Waals surface area contributed by atoms with Gasteiger partial charge in [-0.3, -0.25) is 4.79 Å². The summed E-state index contributed by atoms with van der Waals surface area (Å²) in [5, 5.41) is 13.4. The van der Waals surface area contributed by atoms with Crippen LogP contribution in [0, 0.1) is 5.82 Å². The van der Waals surface area contributed by atoms with Crippen LogP contribution in [0.2, 0.25) is 0 Å². The van der Waals surface area contributed by atoms with Crippen LogP contribution in [0.3, 0.4) is 0 Å². The van der Waals surface area contributed by atoms with Crippen molar-refractivity contribution in [3.05, 3.63) is 84.0 Å². The lowest BCUT2D eigenvalue weighted by molar-refractivity contribution is -0.143. The fourth-order valence-electron chi connectivity index (χ4n) is 3.06. The maximum Gasteiger partial charge on any atom is 0.435 e. The third-order valence-corrected chi connectivity index (χ3v) is 4.65. The number of nitrogens with zero attached hydrogens (tertiary/aromatic N) is 6. The van der Waals surface area contributed by atoms with Crippen LogP contribution in [0.4, 0.5) is 17.6 Å². The maximum atomic E-state index is 13.7. The van der Waals surface area contributed by atoms with Gasteiger partial charge in [0.15, 0.2) is 11.4 Å². The van der Waals surface area contributed by atoms with Gasteiger partial charge in [0.25, 0.3) is 5.91 Å². The van der Waals surface area contributed by atoms with Gasteiger partial charge in [0.05, 0.1) is 17.4 Å². The quantitative estimate of drug-likeness (QED) is 0.475. The number of alkyl halides is 3. The Balaban J connectivity index is 1.58. The van der Waals surface area contributed by atoms with Crippen LogP contribution in [0.1, 0.15) is 34.7 Å². The van der Waals surface area contributed by atoms with Crippen molar-refractivity contribution < 1.29 is 22.4 Å². The second-order valence-electron chi connectivity index (χ2n) is 6.80. The molecule has 0 radical (unpaired) electrons. The number of amides is 1. The van der Waals surface area contributed by atoms with Gasteiger partial charge in [-0.05, 0) is 48.9 Å². The zero-order valence-electron chi connectivity index (χ0n) is 16.5. The van der Waals surface area contributed by atoms with Gasteiger partial charge in [0, 0.05) is 0 Å². The molecule has 12 heteroatoms. The van der Waals surface area contributed by atoms with Crippen molar-refractivity contribution in [2.75, 3.05) is 0 Å². The number of nitrogens with one attached hydrogen (secondary N) is 1. The first-order chi connectivity index (χ1) is 15.2. The summed E-state index contributed by atoms with van der Waals surface area (Å²) >= 11 is 0. The molecule has 0 aliphatic carbocycles. The number of aromatic nitrogens is 6. The van der Waals surface area contributed by atoms with Crippen LogP contribution in [-0.2, 0) is 6.18 Å². The average molecular weight is 445 g/mol. The summed E-state index contributed by atoms with van der Waals surface area (Å²) in [6.45, 7) is 1.63. The smallest absolute Gasteiger partial charge is 0.344 e. The van der Waals surface area contributed by atoms with Gasteiger partial charge in [-0.15, -0.1) is 5.10 Å². The van der Waals surface area contributed by atoms with Crippen molar-refractivity contribution in [3.8, 4) is 11.4 Å². The molecule has 0 bridgehead atoms. The van der Waals surface area contributed by atoms with Gasteiger partial charge in [-0.25, -0.2) is 18.7 Å². The Labute approximate surface area is 178 Å². The number of halogens is 4. The molecule has 4 rings (SSSR count). The van der Waals surface area contributed by atoms with Crippen LogP contribution in [-0.4, -0.2) is 35.7 Å². The summed E-state index contributed by atoms with van der Waals surface area (Å²) in [7, 11) is 0. The second-order valence-corrected chi connectivity index (χ2v) is 6.80. The molecule has 0 spiro atoms. The molecule has 1 atom stereocenters. The summed E-state index contributed by atoms with van der Waals surface area (Å²) in [6, 6.07) is 10.5. The maximum absolute atomic E-state index is 13.7. The zero-order valence-corrected chi connectivity index (χ0v) is 16.5. The van der Waals surface area contributed by atoms with Gasteiger partial charge in [-0.2, -0.15) is 18.3 Å². The lowest BCUT2D eigenvalue weighted by Gasteiger charge is -2.15. The van der Waals surface area contributed by atoms with Gasteiger partial charge in [0.2, 0.25) is 0 Å². The molecule has 164 valence electrons. The third-order valence-electron chi connectivity index (χ3n) is 4.65. The highest BCUT2D eigenvalue weighted by atomic mass is 19.4. The third kappa shape index (κ3) is 4.19. The number of rotatable bonds is 5. The minimum Gasteiger partial charge on any atom is -0.344 e. The van der Waals surface area contributed by atoms with E-state index >= 15 is 0 Å². The largest absolute Gasteiger partial charge is 0.435 e. The summed E-state index contributed by atoms with van der Waals surface area (Å²) in [5.74, 6) is -1.66. The van der Waals surface area contributed by atoms with E-state index < -0.39 is 35.3 Å². The molecule has 0 fully saturated rings. The first-order valence-electron chi connectivity index (χ1n) is 9.28. The predicted octanol–water partition coefficient (Wildman–Crippen LogP) is 3.50. The summed E-state index contributed by atoms with van der Waals surface area (Å²) in [5.41, 5.74) is -0.932. The van der Waals surface area contributed by atoms with Crippen LogP contribution in [0.5, 0.6) is 0 Å². The molecule has 1 N–H and O–H groups in total. The molecule has 0 saturated heterocycles. The number of hydrogen-bond acceptors (Lipinski definition) is 5. The normalized spacial score (nSPS) is 12.5. The number of hydrogen-bond donors (Lipinski definition) is 1. The van der Waals surface area contributed by atoms with Crippen LogP contribution < -0.4 is 5.32 Å². The highest BCUT2D eigenvalue weighted by Gasteiger charge is 2.42. The monoisotopic (exact) mass is 445 g/mol. The molecule has 0 saturated carbocycles. The van der Waals surface area contributed by atoms with E-state index in [0.717, 1.165) is 30.0 Å². The molecule has 4 aromatic rings. The fourth-order valence-corrected chi connectivity index (χ4v) is 3.06. The van der Waals surface area contributed by atoms with Crippen molar-refractivity contribution >= 4 is 5.91 Å². The van der Waals surface area contributed by atoms with Gasteiger partial charge in [-0.1, -0.05) is 17.3 Å². The molecule has 1 unspecified atom stereocenters. The van der Waals surface area contributed by atoms with E-state index in [2.05, 4.69) is 25.7 Å². The molecule has 0 aliphatic rings. The summed E-state index contributed by atoms with van der Waals surface area (Å²) in [6.07, 6.45) is -2.02. The standard InChI is InChI=1S/C20H15F4N7O/c1-12(13-2-6-15(7-3-13)30-11-25-10-26-30)27-19(32)17-18(20(22,23)24)31(29-28-17)16-8-4-14(21)5-9-16/h2-12H,1H3,(H,27,32). The molecule has 2 aromatic heterocycles. The number of carbonyl (C=O) groups is 1. The Hall–Kier alpha value is -4.09. The molecule has 8 nitrogen and oxygen atoms in total. The Morgan fingerprint density at radius 2 is 1.69 bits per heavy atom. The topological polar surface area (TPSA) is 90.5 Å². The second kappa shape index (κ2) is 8.21. The molecule has 1 amide bonds. The molecule has 0 aliphatic heterocycles. The lowest BCUT2D eigenvalue weighted by atomic mass is 10.1. The Bertz CT molecular complexity index is 1220. The summed E-state index contributed by atoms with van der Waals surface area (Å²) < 4.78 is 56.4. The van der Waals surface area contributed by atoms with Gasteiger partial charge >= 0.3 is 6.18 Å². The highest BCUT2D eigenvalue weighted by Crippen LogP contribution is 2.33. The highest BCUT2D eigenvalue weighted by molar-refractivity contribution is 5.93. The van der Waals surface area contributed by atoms with Crippen molar-refractivity contribution in [3.63, 3.8) is 0 Å². The summed E-state index contributed by atoms with van der Waals surface area (Å²) in [4.78, 5) is 16.5. The molecule has 2 heterocycles. The van der Waals surface area contributed by atoms with E-state index in [1.54, 1.807) is 31.2 Å². The van der Waals surface area contributed by atoms with E-state index in [4.69, 9.17) is 0 Å². The molecular formula is C20H15F4N7O. The van der Waals surface area contributed by atoms with E-state index in [0.29, 0.717) is 10.2 Å². The van der Waals surface area contributed by atoms with Crippen molar-refractivity contribution in [2.24, 2.45) is 0 Å². The minimum atomic E-state index is -4.92. The molecular weight excluding hydrogens is 430 g/mol.